The van der Waals surface area contributed by atoms with Crippen molar-refractivity contribution in [2.45, 2.75) is 19.1 Å². The molecule has 1 atom stereocenters. The summed E-state index contributed by atoms with van der Waals surface area (Å²) in [7, 11) is 0. The van der Waals surface area contributed by atoms with Crippen molar-refractivity contribution in [1.82, 2.24) is 4.90 Å². The number of nitrogens with zero attached hydrogens (tertiary/aromatic N) is 1. The second-order valence-electron chi connectivity index (χ2n) is 4.14. The average Bonchev–Trinajstić information content (AvgIpc) is 2.60. The van der Waals surface area contributed by atoms with Crippen LogP contribution >= 0.6 is 31.9 Å². The zero-order valence-corrected chi connectivity index (χ0v) is 12.0. The molecule has 1 aliphatic rings. The molecule has 88 valence electrons. The smallest absolute Gasteiger partial charge is 0.0679 e. The fraction of sp³-hybridized carbons (Fsp3) is 0.455. The number of anilines is 1. The highest BCUT2D eigenvalue weighted by Gasteiger charge is 2.21. The molecule has 1 aromatic rings. The number of likely N-dealkylation sites (tertiary alicyclic amines) is 1. The number of aliphatic hydroxyl groups excluding tert-OH is 1. The van der Waals surface area contributed by atoms with Crippen LogP contribution in [0.2, 0.25) is 0 Å². The van der Waals surface area contributed by atoms with Gasteiger partial charge in [0, 0.05) is 28.6 Å². The fourth-order valence-electron chi connectivity index (χ4n) is 1.97. The van der Waals surface area contributed by atoms with Crippen LogP contribution in [0.5, 0.6) is 0 Å². The monoisotopic (exact) mass is 348 g/mol. The Morgan fingerprint density at radius 3 is 2.81 bits per heavy atom. The summed E-state index contributed by atoms with van der Waals surface area (Å²) in [6, 6.07) is 3.97. The summed E-state index contributed by atoms with van der Waals surface area (Å²) >= 11 is 6.89. The lowest BCUT2D eigenvalue weighted by atomic mass is 10.2. The van der Waals surface area contributed by atoms with E-state index in [1.165, 1.54) is 0 Å². The SMILES string of the molecule is Nc1c(Br)cc(Br)cc1CN1CC[C@H](O)C1. The van der Waals surface area contributed by atoms with E-state index in [-0.39, 0.29) is 6.10 Å². The zero-order chi connectivity index (χ0) is 11.7. The molecule has 0 amide bonds. The average molecular weight is 350 g/mol. The van der Waals surface area contributed by atoms with Crippen LogP contribution in [0, 0.1) is 0 Å². The first kappa shape index (κ1) is 12.4. The minimum atomic E-state index is -0.184. The predicted molar refractivity (Wildman–Crippen MR) is 72.2 cm³/mol. The molecule has 0 spiro atoms. The van der Waals surface area contributed by atoms with E-state index in [4.69, 9.17) is 5.73 Å². The number of β-amino-alcohol motifs (C(OH)–C–C–N with tert-alkyl or cyclic N) is 1. The van der Waals surface area contributed by atoms with Crippen LogP contribution in [-0.2, 0) is 6.54 Å². The largest absolute Gasteiger partial charge is 0.398 e. The van der Waals surface area contributed by atoms with Gasteiger partial charge in [0.25, 0.3) is 0 Å². The van der Waals surface area contributed by atoms with E-state index in [2.05, 4.69) is 36.8 Å². The van der Waals surface area contributed by atoms with Crippen molar-refractivity contribution in [3.05, 3.63) is 26.6 Å². The zero-order valence-electron chi connectivity index (χ0n) is 8.79. The van der Waals surface area contributed by atoms with Gasteiger partial charge in [0.15, 0.2) is 0 Å². The molecule has 1 heterocycles. The van der Waals surface area contributed by atoms with Crippen LogP contribution in [0.4, 0.5) is 5.69 Å². The number of rotatable bonds is 2. The van der Waals surface area contributed by atoms with Gasteiger partial charge in [-0.1, -0.05) is 15.9 Å². The second-order valence-corrected chi connectivity index (χ2v) is 5.91. The summed E-state index contributed by atoms with van der Waals surface area (Å²) < 4.78 is 1.93. The van der Waals surface area contributed by atoms with E-state index < -0.39 is 0 Å². The number of benzene rings is 1. The van der Waals surface area contributed by atoms with Crippen molar-refractivity contribution >= 4 is 37.5 Å². The third-order valence-corrected chi connectivity index (χ3v) is 3.94. The Balaban J connectivity index is 2.15. The lowest BCUT2D eigenvalue weighted by molar-refractivity contribution is 0.175. The Morgan fingerprint density at radius 1 is 1.44 bits per heavy atom. The number of hydrogen-bond acceptors (Lipinski definition) is 3. The number of nitrogens with two attached hydrogens (primary N) is 1. The highest BCUT2D eigenvalue weighted by atomic mass is 79.9. The molecule has 0 bridgehead atoms. The molecule has 3 N–H and O–H groups in total. The Bertz CT molecular complexity index is 398. The molecule has 0 unspecified atom stereocenters. The van der Waals surface area contributed by atoms with Crippen LogP contribution in [0.25, 0.3) is 0 Å². The quantitative estimate of drug-likeness (QED) is 0.806. The van der Waals surface area contributed by atoms with Crippen molar-refractivity contribution < 1.29 is 5.11 Å². The number of aliphatic hydroxyl groups is 1. The lowest BCUT2D eigenvalue weighted by Gasteiger charge is -2.17. The standard InChI is InChI=1S/C11H14Br2N2O/c12-8-3-7(11(14)10(13)4-8)5-15-2-1-9(16)6-15/h3-4,9,16H,1-2,5-6,14H2/t9-/m0/s1. The van der Waals surface area contributed by atoms with Crippen LogP contribution in [0.3, 0.4) is 0 Å². The molecule has 1 saturated heterocycles. The molecule has 0 aliphatic carbocycles. The molecular weight excluding hydrogens is 336 g/mol. The highest BCUT2D eigenvalue weighted by molar-refractivity contribution is 9.11. The predicted octanol–water partition coefficient (Wildman–Crippen LogP) is 2.36. The van der Waals surface area contributed by atoms with Gasteiger partial charge in [-0.2, -0.15) is 0 Å². The van der Waals surface area contributed by atoms with Gasteiger partial charge in [-0.25, -0.2) is 0 Å². The van der Waals surface area contributed by atoms with Crippen LogP contribution in [0.1, 0.15) is 12.0 Å². The maximum atomic E-state index is 9.46. The number of nitrogen functional groups attached to an aromatic ring is 1. The van der Waals surface area contributed by atoms with Gasteiger partial charge in [-0.05, 0) is 40.0 Å². The van der Waals surface area contributed by atoms with E-state index >= 15 is 0 Å². The van der Waals surface area contributed by atoms with Crippen molar-refractivity contribution in [3.63, 3.8) is 0 Å². The topological polar surface area (TPSA) is 49.5 Å². The minimum absolute atomic E-state index is 0.184. The van der Waals surface area contributed by atoms with E-state index in [1.54, 1.807) is 0 Å². The van der Waals surface area contributed by atoms with Gasteiger partial charge in [-0.15, -0.1) is 0 Å². The van der Waals surface area contributed by atoms with Crippen molar-refractivity contribution in [2.24, 2.45) is 0 Å². The van der Waals surface area contributed by atoms with E-state index in [9.17, 15) is 5.11 Å². The first-order valence-corrected chi connectivity index (χ1v) is 6.78. The Kier molecular flexibility index (Phi) is 3.89. The Morgan fingerprint density at radius 2 is 2.19 bits per heavy atom. The van der Waals surface area contributed by atoms with Crippen LogP contribution in [0.15, 0.2) is 21.1 Å². The lowest BCUT2D eigenvalue weighted by Crippen LogP contribution is -2.22. The third kappa shape index (κ3) is 2.77. The molecule has 1 fully saturated rings. The molecule has 0 saturated carbocycles. The molecule has 1 aliphatic heterocycles. The van der Waals surface area contributed by atoms with Crippen molar-refractivity contribution in [3.8, 4) is 0 Å². The molecular formula is C11H14Br2N2O. The summed E-state index contributed by atoms with van der Waals surface area (Å²) in [5, 5.41) is 9.46. The Labute approximate surface area is 112 Å². The summed E-state index contributed by atoms with van der Waals surface area (Å²) in [6.45, 7) is 2.47. The summed E-state index contributed by atoms with van der Waals surface area (Å²) in [5.74, 6) is 0. The number of halogens is 2. The molecule has 1 aromatic carbocycles. The van der Waals surface area contributed by atoms with Gasteiger partial charge in [0.2, 0.25) is 0 Å². The highest BCUT2D eigenvalue weighted by Crippen LogP contribution is 2.29. The first-order valence-electron chi connectivity index (χ1n) is 5.20. The van der Waals surface area contributed by atoms with Gasteiger partial charge in [-0.3, -0.25) is 4.90 Å². The van der Waals surface area contributed by atoms with Gasteiger partial charge in [0.1, 0.15) is 0 Å². The minimum Gasteiger partial charge on any atom is -0.398 e. The first-order chi connectivity index (χ1) is 7.56. The van der Waals surface area contributed by atoms with E-state index in [1.807, 2.05) is 12.1 Å². The van der Waals surface area contributed by atoms with Crippen molar-refractivity contribution in [2.75, 3.05) is 18.8 Å². The Hall–Kier alpha value is -0.100. The van der Waals surface area contributed by atoms with Gasteiger partial charge >= 0.3 is 0 Å². The van der Waals surface area contributed by atoms with Gasteiger partial charge < -0.3 is 10.8 Å². The summed E-state index contributed by atoms with van der Waals surface area (Å²) in [4.78, 5) is 2.22. The molecule has 2 rings (SSSR count). The molecule has 0 radical (unpaired) electrons. The van der Waals surface area contributed by atoms with E-state index in [0.29, 0.717) is 0 Å². The van der Waals surface area contributed by atoms with E-state index in [0.717, 1.165) is 46.3 Å². The molecule has 0 aromatic heterocycles. The second kappa shape index (κ2) is 5.04. The molecule has 16 heavy (non-hydrogen) atoms. The summed E-state index contributed by atoms with van der Waals surface area (Å²) in [5.41, 5.74) is 7.88. The normalized spacial score (nSPS) is 21.6. The third-order valence-electron chi connectivity index (χ3n) is 2.82. The maximum absolute atomic E-state index is 9.46. The summed E-state index contributed by atoms with van der Waals surface area (Å²) in [6.07, 6.45) is 0.673. The molecule has 3 nitrogen and oxygen atoms in total. The molecule has 5 heteroatoms. The number of hydrogen-bond donors (Lipinski definition) is 2. The fourth-order valence-corrected chi connectivity index (χ4v) is 3.28. The van der Waals surface area contributed by atoms with Crippen LogP contribution in [-0.4, -0.2) is 29.2 Å². The van der Waals surface area contributed by atoms with Crippen molar-refractivity contribution in [1.29, 1.82) is 0 Å². The maximum Gasteiger partial charge on any atom is 0.0679 e. The van der Waals surface area contributed by atoms with Crippen LogP contribution < -0.4 is 5.73 Å². The van der Waals surface area contributed by atoms with Gasteiger partial charge in [0.05, 0.1) is 11.8 Å².